The molecule has 2 aromatic carbocycles. The fourth-order valence-corrected chi connectivity index (χ4v) is 2.66. The fraction of sp³-hybridized carbons (Fsp3) is 0.200. The van der Waals surface area contributed by atoms with Crippen molar-refractivity contribution in [2.45, 2.75) is 13.0 Å². The van der Waals surface area contributed by atoms with E-state index >= 15 is 0 Å². The molecule has 0 aromatic heterocycles. The van der Waals surface area contributed by atoms with Crippen LogP contribution in [0.1, 0.15) is 24.1 Å². The van der Waals surface area contributed by atoms with E-state index in [-0.39, 0.29) is 17.7 Å². The predicted molar refractivity (Wildman–Crippen MR) is 83.7 cm³/mol. The molecule has 0 bridgehead atoms. The van der Waals surface area contributed by atoms with Crippen molar-refractivity contribution < 1.29 is 8.78 Å². The van der Waals surface area contributed by atoms with Crippen molar-refractivity contribution in [2.24, 2.45) is 0 Å². The smallest absolute Gasteiger partial charge is 0.137 e. The second kappa shape index (κ2) is 6.78. The van der Waals surface area contributed by atoms with Gasteiger partial charge >= 0.3 is 0 Å². The van der Waals surface area contributed by atoms with Crippen LogP contribution in [0.3, 0.4) is 0 Å². The maximum absolute atomic E-state index is 14.0. The van der Waals surface area contributed by atoms with Crippen LogP contribution in [0, 0.1) is 11.6 Å². The van der Waals surface area contributed by atoms with Crippen molar-refractivity contribution in [1.82, 2.24) is 5.32 Å². The molecule has 1 N–H and O–H groups in total. The van der Waals surface area contributed by atoms with Gasteiger partial charge in [-0.2, -0.15) is 0 Å². The summed E-state index contributed by atoms with van der Waals surface area (Å²) < 4.78 is 28.9. The van der Waals surface area contributed by atoms with E-state index in [2.05, 4.69) is 37.2 Å². The first-order chi connectivity index (χ1) is 9.52. The Kier molecular flexibility index (Phi) is 5.29. The molecule has 0 aliphatic rings. The Bertz CT molecular complexity index is 617. The third kappa shape index (κ3) is 3.45. The molecule has 0 aliphatic carbocycles. The minimum Gasteiger partial charge on any atom is -0.306 e. The molecule has 1 atom stereocenters. The number of benzene rings is 2. The molecule has 0 radical (unpaired) electrons. The Morgan fingerprint density at radius 2 is 1.80 bits per heavy atom. The lowest BCUT2D eigenvalue weighted by Gasteiger charge is -2.20. The SMILES string of the molecule is CCNC(c1ccc(Br)c(F)c1)c1cc(Br)ccc1F. The second-order valence-electron chi connectivity index (χ2n) is 4.33. The van der Waals surface area contributed by atoms with Crippen molar-refractivity contribution in [2.75, 3.05) is 6.54 Å². The lowest BCUT2D eigenvalue weighted by Crippen LogP contribution is -2.23. The fourth-order valence-electron chi connectivity index (χ4n) is 2.04. The highest BCUT2D eigenvalue weighted by molar-refractivity contribution is 9.10. The molecule has 0 spiro atoms. The number of nitrogens with one attached hydrogen (secondary N) is 1. The van der Waals surface area contributed by atoms with Crippen LogP contribution in [0.5, 0.6) is 0 Å². The van der Waals surface area contributed by atoms with Crippen LogP contribution in [-0.4, -0.2) is 6.54 Å². The Hall–Kier alpha value is -0.780. The summed E-state index contributed by atoms with van der Waals surface area (Å²) in [6.07, 6.45) is 0. The quantitative estimate of drug-likeness (QED) is 0.739. The van der Waals surface area contributed by atoms with Crippen LogP contribution in [0.15, 0.2) is 45.3 Å². The van der Waals surface area contributed by atoms with Crippen molar-refractivity contribution in [1.29, 1.82) is 0 Å². The van der Waals surface area contributed by atoms with E-state index in [1.165, 1.54) is 12.1 Å². The Balaban J connectivity index is 2.49. The van der Waals surface area contributed by atoms with E-state index in [1.807, 2.05) is 6.92 Å². The zero-order chi connectivity index (χ0) is 14.7. The molecule has 0 fully saturated rings. The lowest BCUT2D eigenvalue weighted by molar-refractivity contribution is 0.553. The summed E-state index contributed by atoms with van der Waals surface area (Å²) in [7, 11) is 0. The molecule has 0 heterocycles. The van der Waals surface area contributed by atoms with Gasteiger partial charge in [0.25, 0.3) is 0 Å². The average molecular weight is 405 g/mol. The molecule has 0 aliphatic heterocycles. The van der Waals surface area contributed by atoms with Crippen molar-refractivity contribution in [3.8, 4) is 0 Å². The molecular weight excluding hydrogens is 392 g/mol. The summed E-state index contributed by atoms with van der Waals surface area (Å²) in [6.45, 7) is 2.58. The molecule has 20 heavy (non-hydrogen) atoms. The molecular formula is C15H13Br2F2N. The summed E-state index contributed by atoms with van der Waals surface area (Å²) in [6, 6.07) is 9.19. The van der Waals surface area contributed by atoms with Gasteiger partial charge in [0.2, 0.25) is 0 Å². The molecule has 1 nitrogen and oxygen atoms in total. The molecule has 0 amide bonds. The highest BCUT2D eigenvalue weighted by Gasteiger charge is 2.18. The van der Waals surface area contributed by atoms with Crippen LogP contribution in [-0.2, 0) is 0 Å². The molecule has 2 rings (SSSR count). The molecule has 0 saturated heterocycles. The van der Waals surface area contributed by atoms with E-state index in [4.69, 9.17) is 0 Å². The van der Waals surface area contributed by atoms with Gasteiger partial charge in [-0.15, -0.1) is 0 Å². The van der Waals surface area contributed by atoms with Gasteiger partial charge in [0.1, 0.15) is 11.6 Å². The predicted octanol–water partition coefficient (Wildman–Crippen LogP) is 5.19. The van der Waals surface area contributed by atoms with Gasteiger partial charge in [0.05, 0.1) is 10.5 Å². The van der Waals surface area contributed by atoms with Crippen molar-refractivity contribution in [3.05, 3.63) is 68.1 Å². The van der Waals surface area contributed by atoms with Gasteiger partial charge in [-0.3, -0.25) is 0 Å². The zero-order valence-electron chi connectivity index (χ0n) is 10.8. The minimum atomic E-state index is -0.389. The monoisotopic (exact) mass is 403 g/mol. The molecule has 106 valence electrons. The highest BCUT2D eigenvalue weighted by Crippen LogP contribution is 2.29. The number of halogens is 4. The summed E-state index contributed by atoms with van der Waals surface area (Å²) in [4.78, 5) is 0. The van der Waals surface area contributed by atoms with Crippen LogP contribution >= 0.6 is 31.9 Å². The van der Waals surface area contributed by atoms with Crippen molar-refractivity contribution >= 4 is 31.9 Å². The standard InChI is InChI=1S/C15H13Br2F2N/c1-2-20-15(9-3-5-12(17)14(19)7-9)11-8-10(16)4-6-13(11)18/h3-8,15,20H,2H2,1H3. The second-order valence-corrected chi connectivity index (χ2v) is 6.10. The van der Waals surface area contributed by atoms with E-state index in [0.29, 0.717) is 22.1 Å². The molecule has 5 heteroatoms. The van der Waals surface area contributed by atoms with Gasteiger partial charge in [0.15, 0.2) is 0 Å². The normalized spacial score (nSPS) is 12.4. The number of hydrogen-bond donors (Lipinski definition) is 1. The van der Waals surface area contributed by atoms with Gasteiger partial charge in [-0.05, 0) is 58.4 Å². The summed E-state index contributed by atoms with van der Waals surface area (Å²) in [5, 5.41) is 3.19. The van der Waals surface area contributed by atoms with Crippen LogP contribution in [0.2, 0.25) is 0 Å². The largest absolute Gasteiger partial charge is 0.306 e. The Morgan fingerprint density at radius 1 is 1.05 bits per heavy atom. The first kappa shape index (κ1) is 15.6. The maximum Gasteiger partial charge on any atom is 0.137 e. The van der Waals surface area contributed by atoms with Gasteiger partial charge in [-0.1, -0.05) is 28.9 Å². The zero-order valence-corrected chi connectivity index (χ0v) is 13.9. The first-order valence-electron chi connectivity index (χ1n) is 6.16. The molecule has 1 unspecified atom stereocenters. The Morgan fingerprint density at radius 3 is 2.45 bits per heavy atom. The third-order valence-electron chi connectivity index (χ3n) is 2.95. The van der Waals surface area contributed by atoms with Crippen LogP contribution in [0.25, 0.3) is 0 Å². The maximum atomic E-state index is 14.0. The summed E-state index contributed by atoms with van der Waals surface area (Å²) in [5.41, 5.74) is 1.17. The van der Waals surface area contributed by atoms with E-state index in [9.17, 15) is 8.78 Å². The topological polar surface area (TPSA) is 12.0 Å². The van der Waals surface area contributed by atoms with E-state index in [1.54, 1.807) is 24.3 Å². The minimum absolute atomic E-state index is 0.317. The summed E-state index contributed by atoms with van der Waals surface area (Å²) in [5.74, 6) is -0.678. The van der Waals surface area contributed by atoms with E-state index < -0.39 is 0 Å². The highest BCUT2D eigenvalue weighted by atomic mass is 79.9. The molecule has 2 aromatic rings. The average Bonchev–Trinajstić information content (AvgIpc) is 2.42. The Labute approximate surface area is 133 Å². The lowest BCUT2D eigenvalue weighted by atomic mass is 9.98. The first-order valence-corrected chi connectivity index (χ1v) is 7.74. The van der Waals surface area contributed by atoms with Gasteiger partial charge < -0.3 is 5.32 Å². The van der Waals surface area contributed by atoms with Crippen LogP contribution in [0.4, 0.5) is 8.78 Å². The third-order valence-corrected chi connectivity index (χ3v) is 4.09. The number of rotatable bonds is 4. The number of hydrogen-bond acceptors (Lipinski definition) is 1. The van der Waals surface area contributed by atoms with E-state index in [0.717, 1.165) is 4.47 Å². The van der Waals surface area contributed by atoms with Gasteiger partial charge in [-0.25, -0.2) is 8.78 Å². The van der Waals surface area contributed by atoms with Crippen molar-refractivity contribution in [3.63, 3.8) is 0 Å². The summed E-state index contributed by atoms with van der Waals surface area (Å²) >= 11 is 6.46. The van der Waals surface area contributed by atoms with Crippen LogP contribution < -0.4 is 5.32 Å². The molecule has 0 saturated carbocycles. The van der Waals surface area contributed by atoms with Gasteiger partial charge in [0, 0.05) is 10.0 Å².